The molecular weight excluding hydrogens is 370 g/mol. The second-order valence-corrected chi connectivity index (χ2v) is 7.63. The molecule has 3 aromatic carbocycles. The maximum absolute atomic E-state index is 6.07. The van der Waals surface area contributed by atoms with Crippen molar-refractivity contribution in [1.29, 1.82) is 0 Å². The van der Waals surface area contributed by atoms with Gasteiger partial charge in [-0.2, -0.15) is 0 Å². The highest BCUT2D eigenvalue weighted by Crippen LogP contribution is 2.36. The molecule has 1 aliphatic rings. The zero-order chi connectivity index (χ0) is 18.9. The van der Waals surface area contributed by atoms with Crippen LogP contribution in [0.3, 0.4) is 0 Å². The van der Waals surface area contributed by atoms with Gasteiger partial charge in [0.15, 0.2) is 28.6 Å². The van der Waals surface area contributed by atoms with Crippen LogP contribution >= 0.6 is 11.8 Å². The minimum atomic E-state index is -0.265. The van der Waals surface area contributed by atoms with Gasteiger partial charge in [-0.05, 0) is 28.5 Å². The molecule has 0 unspecified atom stereocenters. The summed E-state index contributed by atoms with van der Waals surface area (Å²) in [6, 6.07) is 22.6. The topological polar surface area (TPSA) is 49.2 Å². The average Bonchev–Trinajstić information content (AvgIpc) is 3.12. The predicted molar refractivity (Wildman–Crippen MR) is 110 cm³/mol. The van der Waals surface area contributed by atoms with Crippen LogP contribution in [0.1, 0.15) is 17.5 Å². The van der Waals surface area contributed by atoms with Crippen LogP contribution in [-0.4, -0.2) is 21.4 Å². The summed E-state index contributed by atoms with van der Waals surface area (Å²) in [7, 11) is 1.98. The van der Waals surface area contributed by atoms with Gasteiger partial charge in [0.25, 0.3) is 0 Å². The van der Waals surface area contributed by atoms with Gasteiger partial charge in [0, 0.05) is 12.8 Å². The molecule has 6 heteroatoms. The molecule has 1 aromatic heterocycles. The molecule has 0 amide bonds. The largest absolute Gasteiger partial charge is 0.485 e. The van der Waals surface area contributed by atoms with E-state index in [4.69, 9.17) is 9.47 Å². The smallest absolute Gasteiger partial charge is 0.192 e. The molecule has 28 heavy (non-hydrogen) atoms. The van der Waals surface area contributed by atoms with E-state index in [1.807, 2.05) is 35.9 Å². The van der Waals surface area contributed by atoms with E-state index in [0.717, 1.165) is 28.2 Å². The fourth-order valence-electron chi connectivity index (χ4n) is 3.44. The summed E-state index contributed by atoms with van der Waals surface area (Å²) < 4.78 is 13.9. The van der Waals surface area contributed by atoms with E-state index in [2.05, 4.69) is 52.7 Å². The van der Waals surface area contributed by atoms with Crippen LogP contribution in [0.15, 0.2) is 71.9 Å². The monoisotopic (exact) mass is 389 g/mol. The normalized spacial score (nSPS) is 15.7. The zero-order valence-corrected chi connectivity index (χ0v) is 16.2. The number of thioether (sulfide) groups is 1. The van der Waals surface area contributed by atoms with E-state index in [0.29, 0.717) is 6.61 Å². The summed E-state index contributed by atoms with van der Waals surface area (Å²) in [6.45, 7) is 0.428. The molecule has 0 saturated heterocycles. The summed E-state index contributed by atoms with van der Waals surface area (Å²) in [5.74, 6) is 3.12. The summed E-state index contributed by atoms with van der Waals surface area (Å²) in [4.78, 5) is 0. The minimum absolute atomic E-state index is 0.265. The van der Waals surface area contributed by atoms with Crippen LogP contribution in [0, 0.1) is 0 Å². The van der Waals surface area contributed by atoms with Crippen molar-refractivity contribution in [3.8, 4) is 11.5 Å². The van der Waals surface area contributed by atoms with Crippen molar-refractivity contribution in [2.45, 2.75) is 17.0 Å². The second-order valence-electron chi connectivity index (χ2n) is 6.69. The molecule has 0 saturated carbocycles. The minimum Gasteiger partial charge on any atom is -0.485 e. The molecule has 4 aromatic rings. The van der Waals surface area contributed by atoms with Crippen molar-refractivity contribution in [2.75, 3.05) is 6.61 Å². The Balaban J connectivity index is 1.35. The van der Waals surface area contributed by atoms with Gasteiger partial charge in [-0.15, -0.1) is 10.2 Å². The van der Waals surface area contributed by atoms with Crippen LogP contribution in [0.25, 0.3) is 10.8 Å². The number of hydrogen-bond donors (Lipinski definition) is 0. The van der Waals surface area contributed by atoms with Gasteiger partial charge < -0.3 is 14.0 Å². The SMILES string of the molecule is Cn1c(SCc2cccc3ccccc23)nnc1[C@@H]1COc2ccccc2O1. The van der Waals surface area contributed by atoms with Gasteiger partial charge in [0.1, 0.15) is 6.61 Å². The molecule has 0 spiro atoms. The summed E-state index contributed by atoms with van der Waals surface area (Å²) in [5, 5.41) is 12.2. The van der Waals surface area contributed by atoms with Crippen LogP contribution in [0.2, 0.25) is 0 Å². The summed E-state index contributed by atoms with van der Waals surface area (Å²) in [5.41, 5.74) is 1.29. The van der Waals surface area contributed by atoms with Crippen LogP contribution in [-0.2, 0) is 12.8 Å². The van der Waals surface area contributed by atoms with Crippen molar-refractivity contribution >= 4 is 22.5 Å². The van der Waals surface area contributed by atoms with Crippen molar-refractivity contribution in [3.63, 3.8) is 0 Å². The molecule has 1 atom stereocenters. The molecule has 140 valence electrons. The maximum atomic E-state index is 6.07. The maximum Gasteiger partial charge on any atom is 0.192 e. The molecular formula is C22H19N3O2S. The van der Waals surface area contributed by atoms with Gasteiger partial charge in [0.2, 0.25) is 0 Å². The van der Waals surface area contributed by atoms with Gasteiger partial charge >= 0.3 is 0 Å². The lowest BCUT2D eigenvalue weighted by molar-refractivity contribution is 0.0825. The van der Waals surface area contributed by atoms with Gasteiger partial charge in [-0.25, -0.2) is 0 Å². The number of fused-ring (bicyclic) bond motifs is 2. The number of aromatic nitrogens is 3. The lowest BCUT2D eigenvalue weighted by Gasteiger charge is -2.25. The Kier molecular flexibility index (Phi) is 4.41. The highest BCUT2D eigenvalue weighted by atomic mass is 32.2. The third-order valence-electron chi connectivity index (χ3n) is 4.90. The first-order valence-electron chi connectivity index (χ1n) is 9.17. The van der Waals surface area contributed by atoms with E-state index in [1.165, 1.54) is 16.3 Å². The van der Waals surface area contributed by atoms with Crippen molar-refractivity contribution in [2.24, 2.45) is 7.05 Å². The van der Waals surface area contributed by atoms with Gasteiger partial charge in [-0.3, -0.25) is 0 Å². The quantitative estimate of drug-likeness (QED) is 0.471. The number of hydrogen-bond acceptors (Lipinski definition) is 5. The highest BCUT2D eigenvalue weighted by molar-refractivity contribution is 7.98. The van der Waals surface area contributed by atoms with E-state index in [-0.39, 0.29) is 6.10 Å². The number of ether oxygens (including phenoxy) is 2. The number of benzene rings is 3. The molecule has 5 nitrogen and oxygen atoms in total. The van der Waals surface area contributed by atoms with Crippen molar-refractivity contribution < 1.29 is 9.47 Å². The molecule has 1 aliphatic heterocycles. The number of para-hydroxylation sites is 2. The standard InChI is InChI=1S/C22H19N3O2S/c1-25-21(20-13-26-18-11-4-5-12-19(18)27-20)23-24-22(25)28-14-16-9-6-8-15-7-2-3-10-17(15)16/h2-12,20H,13-14H2,1H3/t20-/m0/s1. The van der Waals surface area contributed by atoms with Crippen molar-refractivity contribution in [1.82, 2.24) is 14.8 Å². The molecule has 2 heterocycles. The van der Waals surface area contributed by atoms with E-state index >= 15 is 0 Å². The fourth-order valence-corrected chi connectivity index (χ4v) is 4.36. The molecule has 0 fully saturated rings. The van der Waals surface area contributed by atoms with E-state index < -0.39 is 0 Å². The first kappa shape index (κ1) is 17.1. The lowest BCUT2D eigenvalue weighted by Crippen LogP contribution is -2.24. The van der Waals surface area contributed by atoms with Crippen molar-refractivity contribution in [3.05, 3.63) is 78.1 Å². The number of nitrogens with zero attached hydrogens (tertiary/aromatic N) is 3. The first-order chi connectivity index (χ1) is 13.8. The average molecular weight is 389 g/mol. The Morgan fingerprint density at radius 1 is 0.964 bits per heavy atom. The summed E-state index contributed by atoms with van der Waals surface area (Å²) >= 11 is 1.68. The van der Waals surface area contributed by atoms with Crippen LogP contribution < -0.4 is 9.47 Å². The molecule has 0 N–H and O–H groups in total. The van der Waals surface area contributed by atoms with Gasteiger partial charge in [0.05, 0.1) is 0 Å². The van der Waals surface area contributed by atoms with E-state index in [1.54, 1.807) is 11.8 Å². The van der Waals surface area contributed by atoms with Gasteiger partial charge in [-0.1, -0.05) is 66.4 Å². The first-order valence-corrected chi connectivity index (χ1v) is 10.2. The fraction of sp³-hybridized carbons (Fsp3) is 0.182. The Bertz CT molecular complexity index is 1140. The molecule has 0 aliphatic carbocycles. The van der Waals surface area contributed by atoms with Crippen LogP contribution in [0.4, 0.5) is 0 Å². The Morgan fingerprint density at radius 3 is 2.68 bits per heavy atom. The predicted octanol–water partition coefficient (Wildman–Crippen LogP) is 4.77. The summed E-state index contributed by atoms with van der Waals surface area (Å²) in [6.07, 6.45) is -0.265. The number of rotatable bonds is 4. The molecule has 0 radical (unpaired) electrons. The highest BCUT2D eigenvalue weighted by Gasteiger charge is 2.27. The Labute approximate surface area is 167 Å². The lowest BCUT2D eigenvalue weighted by atomic mass is 10.1. The zero-order valence-electron chi connectivity index (χ0n) is 15.4. The third-order valence-corrected chi connectivity index (χ3v) is 5.97. The van der Waals surface area contributed by atoms with E-state index in [9.17, 15) is 0 Å². The Morgan fingerprint density at radius 2 is 1.75 bits per heavy atom. The Hall–Kier alpha value is -2.99. The second kappa shape index (κ2) is 7.20. The molecule has 5 rings (SSSR count). The molecule has 0 bridgehead atoms. The van der Waals surface area contributed by atoms with Crippen LogP contribution in [0.5, 0.6) is 11.5 Å². The third kappa shape index (κ3) is 3.10.